The van der Waals surface area contributed by atoms with Crippen molar-refractivity contribution in [2.45, 2.75) is 128 Å². The molecule has 1 aromatic rings. The molecule has 262 valence electrons. The molecular weight excluding hydrogens is 637 g/mol. The Bertz CT molecular complexity index is 1330. The Hall–Kier alpha value is -1.93. The lowest BCUT2D eigenvalue weighted by atomic mass is 9.89. The van der Waals surface area contributed by atoms with Crippen molar-refractivity contribution in [1.82, 2.24) is 0 Å². The number of hydrogen-bond donors (Lipinski definition) is 1. The summed E-state index contributed by atoms with van der Waals surface area (Å²) in [6.07, 6.45) is 6.05. The lowest BCUT2D eigenvalue weighted by Crippen LogP contribution is -2.45. The molecule has 2 unspecified atom stereocenters. The monoisotopic (exact) mass is 690 g/mol. The van der Waals surface area contributed by atoms with Gasteiger partial charge in [-0.05, 0) is 75.2 Å². The van der Waals surface area contributed by atoms with Crippen molar-refractivity contribution in [1.29, 1.82) is 0 Å². The zero-order valence-electron chi connectivity index (χ0n) is 28.7. The minimum absolute atomic E-state index is 0.00709. The molecular formula is C36H54O9SSi. The minimum Gasteiger partial charge on any atom is -0.490 e. The highest BCUT2D eigenvalue weighted by molar-refractivity contribution is 7.86. The highest BCUT2D eigenvalue weighted by Crippen LogP contribution is 2.45. The average Bonchev–Trinajstić information content (AvgIpc) is 3.33. The molecule has 3 fully saturated rings. The van der Waals surface area contributed by atoms with Gasteiger partial charge in [0.15, 0.2) is 27.0 Å². The van der Waals surface area contributed by atoms with E-state index < -0.39 is 30.3 Å². The topological polar surface area (TPSA) is 110 Å². The third-order valence-electron chi connectivity index (χ3n) is 9.51. The van der Waals surface area contributed by atoms with Gasteiger partial charge in [-0.2, -0.15) is 8.42 Å². The van der Waals surface area contributed by atoms with Crippen molar-refractivity contribution in [3.8, 4) is 29.4 Å². The number of rotatable bonds is 12. The van der Waals surface area contributed by atoms with Gasteiger partial charge in [0.25, 0.3) is 10.1 Å². The third-order valence-corrected chi connectivity index (χ3v) is 14.5. The summed E-state index contributed by atoms with van der Waals surface area (Å²) in [5.74, 6) is 12.5. The van der Waals surface area contributed by atoms with Crippen LogP contribution in [0.3, 0.4) is 0 Å². The highest BCUT2D eigenvalue weighted by Gasteiger charge is 2.49. The molecule has 7 atom stereocenters. The van der Waals surface area contributed by atoms with Crippen LogP contribution in [-0.4, -0.2) is 77.8 Å². The molecule has 11 heteroatoms. The maximum absolute atomic E-state index is 11.2. The Morgan fingerprint density at radius 2 is 1.66 bits per heavy atom. The van der Waals surface area contributed by atoms with Crippen LogP contribution in [0, 0.1) is 35.5 Å². The molecule has 2 heterocycles. The van der Waals surface area contributed by atoms with Gasteiger partial charge < -0.3 is 28.1 Å². The van der Waals surface area contributed by atoms with Gasteiger partial charge >= 0.3 is 0 Å². The number of benzene rings is 1. The maximum atomic E-state index is 11.2. The van der Waals surface area contributed by atoms with Crippen LogP contribution in [0.1, 0.15) is 78.6 Å². The van der Waals surface area contributed by atoms with Gasteiger partial charge in [0.1, 0.15) is 18.1 Å². The first-order valence-electron chi connectivity index (χ1n) is 17.1. The van der Waals surface area contributed by atoms with E-state index in [1.807, 2.05) is 30.3 Å². The predicted octanol–water partition coefficient (Wildman–Crippen LogP) is 6.59. The largest absolute Gasteiger partial charge is 0.490 e. The molecule has 1 saturated carbocycles. The van der Waals surface area contributed by atoms with E-state index in [9.17, 15) is 8.42 Å². The molecule has 0 spiro atoms. The molecule has 0 amide bonds. The molecule has 9 nitrogen and oxygen atoms in total. The van der Waals surface area contributed by atoms with Crippen LogP contribution < -0.4 is 4.74 Å². The van der Waals surface area contributed by atoms with E-state index in [0.717, 1.165) is 44.3 Å². The number of ether oxygens (including phenoxy) is 5. The Labute approximate surface area is 283 Å². The molecule has 4 rings (SSSR count). The highest BCUT2D eigenvalue weighted by atomic mass is 32.2. The summed E-state index contributed by atoms with van der Waals surface area (Å²) in [6, 6.07) is 9.63. The fraction of sp³-hybridized carbons (Fsp3) is 0.722. The van der Waals surface area contributed by atoms with E-state index in [0.29, 0.717) is 32.5 Å². The fourth-order valence-electron chi connectivity index (χ4n) is 5.93. The van der Waals surface area contributed by atoms with Crippen LogP contribution in [0.2, 0.25) is 18.1 Å². The Balaban J connectivity index is 1.63. The summed E-state index contributed by atoms with van der Waals surface area (Å²) in [5, 5.41) is 0.00709. The molecule has 2 saturated heterocycles. The summed E-state index contributed by atoms with van der Waals surface area (Å²) < 4.78 is 69.7. The summed E-state index contributed by atoms with van der Waals surface area (Å²) >= 11 is 0. The van der Waals surface area contributed by atoms with E-state index in [-0.39, 0.29) is 48.3 Å². The van der Waals surface area contributed by atoms with E-state index >= 15 is 0 Å². The number of para-hydroxylation sites is 1. The van der Waals surface area contributed by atoms with Crippen molar-refractivity contribution in [3.63, 3.8) is 0 Å². The van der Waals surface area contributed by atoms with E-state index in [2.05, 4.69) is 57.5 Å². The molecule has 3 aliphatic rings. The first-order valence-corrected chi connectivity index (χ1v) is 21.6. The van der Waals surface area contributed by atoms with Gasteiger partial charge in [0, 0.05) is 32.0 Å². The summed E-state index contributed by atoms with van der Waals surface area (Å²) in [4.78, 5) is 0. The summed E-state index contributed by atoms with van der Waals surface area (Å²) in [6.45, 7) is 12.8. The molecule has 2 aliphatic heterocycles. The molecule has 0 aromatic heterocycles. The van der Waals surface area contributed by atoms with Crippen LogP contribution >= 0.6 is 0 Å². The average molecular weight is 691 g/mol. The van der Waals surface area contributed by atoms with Crippen molar-refractivity contribution in [2.75, 3.05) is 25.6 Å². The van der Waals surface area contributed by atoms with E-state index in [1.54, 1.807) is 0 Å². The smallest absolute Gasteiger partial charge is 0.276 e. The van der Waals surface area contributed by atoms with Gasteiger partial charge in [-0.1, -0.05) is 56.7 Å². The Morgan fingerprint density at radius 1 is 0.979 bits per heavy atom. The van der Waals surface area contributed by atoms with Crippen molar-refractivity contribution < 1.29 is 41.1 Å². The van der Waals surface area contributed by atoms with Crippen LogP contribution in [0.5, 0.6) is 5.75 Å². The van der Waals surface area contributed by atoms with Crippen LogP contribution in [-0.2, 0) is 33.5 Å². The lowest BCUT2D eigenvalue weighted by Gasteiger charge is -2.40. The zero-order chi connectivity index (χ0) is 33.9. The van der Waals surface area contributed by atoms with Gasteiger partial charge in [-0.15, -0.1) is 5.92 Å². The number of hydrogen-bond acceptors (Lipinski definition) is 8. The van der Waals surface area contributed by atoms with Gasteiger partial charge in [-0.3, -0.25) is 4.55 Å². The molecule has 0 bridgehead atoms. The van der Waals surface area contributed by atoms with Crippen molar-refractivity contribution >= 4 is 18.4 Å². The van der Waals surface area contributed by atoms with E-state index in [1.165, 1.54) is 0 Å². The first kappa shape index (κ1) is 37.9. The van der Waals surface area contributed by atoms with Gasteiger partial charge in [0.2, 0.25) is 0 Å². The predicted molar refractivity (Wildman–Crippen MR) is 184 cm³/mol. The molecule has 1 aromatic carbocycles. The second-order valence-electron chi connectivity index (χ2n) is 14.3. The van der Waals surface area contributed by atoms with Gasteiger partial charge in [-0.25, -0.2) is 0 Å². The Kier molecular flexibility index (Phi) is 14.2. The van der Waals surface area contributed by atoms with E-state index in [4.69, 9.17) is 32.7 Å². The maximum Gasteiger partial charge on any atom is 0.276 e. The second-order valence-corrected chi connectivity index (χ2v) is 20.5. The molecule has 1 N–H and O–H groups in total. The fourth-order valence-corrected chi connectivity index (χ4v) is 7.60. The SMILES string of the molecule is CC(C)(C)[Si](C)(C)O[C@@H]1C[C@H](OC2CCCCO2)[C@@H](C#C[C@@H](COc2ccccc2)OC2CCCCO2)[C@@H]1CCC#CCS(=O)(=O)O. The van der Waals surface area contributed by atoms with Crippen molar-refractivity contribution in [3.05, 3.63) is 30.3 Å². The zero-order valence-corrected chi connectivity index (χ0v) is 30.6. The van der Waals surface area contributed by atoms with Crippen LogP contribution in [0.4, 0.5) is 0 Å². The lowest BCUT2D eigenvalue weighted by molar-refractivity contribution is -0.192. The quantitative estimate of drug-likeness (QED) is 0.148. The molecule has 0 radical (unpaired) electrons. The second kappa shape index (κ2) is 17.6. The summed E-state index contributed by atoms with van der Waals surface area (Å²) in [5.41, 5.74) is 0. The van der Waals surface area contributed by atoms with Gasteiger partial charge in [0.05, 0.1) is 18.1 Å². The molecule has 47 heavy (non-hydrogen) atoms. The van der Waals surface area contributed by atoms with Crippen LogP contribution in [0.15, 0.2) is 30.3 Å². The van der Waals surface area contributed by atoms with Crippen molar-refractivity contribution in [2.24, 2.45) is 11.8 Å². The third kappa shape index (κ3) is 12.5. The standard InChI is InChI=1S/C36H54O9SSi/c1-36(2,3)47(4,5)45-33-26-32(44-35-20-12-14-24-41-35)31(30(33)18-10-7-15-25-46(37,38)39)22-21-29(43-34-19-11-13-23-40-34)27-42-28-16-8-6-9-17-28/h6,8-9,16-17,29-35H,10-14,18-20,23-27H2,1-5H3,(H,37,38,39)/t29-,30-,31-,32-,33+,34?,35?/m0/s1. The normalized spacial score (nSPS) is 27.6. The first-order chi connectivity index (χ1) is 22.3. The summed E-state index contributed by atoms with van der Waals surface area (Å²) in [7, 11) is -6.32. The van der Waals surface area contributed by atoms with Crippen LogP contribution in [0.25, 0.3) is 0 Å². The molecule has 1 aliphatic carbocycles. The Morgan fingerprint density at radius 3 is 2.28 bits per heavy atom. The minimum atomic E-state index is -4.15.